The molecule has 2 aliphatic rings. The maximum Gasteiger partial charge on any atom is 0.243 e. The van der Waals surface area contributed by atoms with E-state index in [2.05, 4.69) is 9.62 Å². The molecule has 146 valence electrons. The third kappa shape index (κ3) is 4.25. The number of fused-ring (bicyclic) bond motifs is 2. The lowest BCUT2D eigenvalue weighted by atomic mass is 10.2. The number of piperazine rings is 1. The third-order valence-electron chi connectivity index (χ3n) is 4.94. The van der Waals surface area contributed by atoms with Crippen molar-refractivity contribution < 1.29 is 21.2 Å². The molecule has 1 aromatic carbocycles. The zero-order chi connectivity index (χ0) is 18.8. The molecule has 10 heteroatoms. The van der Waals surface area contributed by atoms with Crippen molar-refractivity contribution in [2.45, 2.75) is 29.8 Å². The van der Waals surface area contributed by atoms with Crippen molar-refractivity contribution in [3.63, 3.8) is 0 Å². The molecule has 3 atom stereocenters. The summed E-state index contributed by atoms with van der Waals surface area (Å²) in [4.78, 5) is 2.38. The van der Waals surface area contributed by atoms with E-state index in [1.807, 2.05) is 0 Å². The molecule has 0 spiro atoms. The molecule has 7 nitrogen and oxygen atoms in total. The van der Waals surface area contributed by atoms with Crippen molar-refractivity contribution in [3.05, 3.63) is 30.3 Å². The van der Waals surface area contributed by atoms with Gasteiger partial charge in [0.1, 0.15) is 0 Å². The highest BCUT2D eigenvalue weighted by atomic mass is 32.2. The molecule has 3 rings (SSSR count). The van der Waals surface area contributed by atoms with Crippen LogP contribution >= 0.6 is 0 Å². The summed E-state index contributed by atoms with van der Waals surface area (Å²) in [6, 6.07) is 7.98. The standard InChI is InChI=1S/C16H24FN3O4S2/c17-8-4-10-25(21,22)18-11-15-13-20(14-7-9-19(15)12-14)26(23,24)16-5-2-1-3-6-16/h1-3,5-6,14-15,18H,4,7-13H2/t14-,15-/m0/s1. The smallest absolute Gasteiger partial charge is 0.243 e. The average molecular weight is 406 g/mol. The monoisotopic (exact) mass is 405 g/mol. The van der Waals surface area contributed by atoms with E-state index in [-0.39, 0.29) is 42.2 Å². The molecule has 0 amide bonds. The summed E-state index contributed by atoms with van der Waals surface area (Å²) in [6.07, 6.45) is 0.692. The first-order valence-corrected chi connectivity index (χ1v) is 11.8. The lowest BCUT2D eigenvalue weighted by molar-refractivity contribution is 0.145. The van der Waals surface area contributed by atoms with E-state index in [0.717, 1.165) is 13.0 Å². The Balaban J connectivity index is 1.72. The molecule has 0 aliphatic carbocycles. The van der Waals surface area contributed by atoms with Gasteiger partial charge in [0.2, 0.25) is 20.0 Å². The van der Waals surface area contributed by atoms with Crippen molar-refractivity contribution >= 4 is 20.0 Å². The van der Waals surface area contributed by atoms with Gasteiger partial charge in [-0.2, -0.15) is 4.31 Å². The maximum atomic E-state index is 13.0. The number of hydrogen-bond donors (Lipinski definition) is 1. The summed E-state index contributed by atoms with van der Waals surface area (Å²) < 4.78 is 66.0. The molecule has 2 fully saturated rings. The highest BCUT2D eigenvalue weighted by Crippen LogP contribution is 2.30. The number of halogens is 1. The van der Waals surface area contributed by atoms with Gasteiger partial charge in [-0.15, -0.1) is 0 Å². The fraction of sp³-hybridized carbons (Fsp3) is 0.625. The predicted molar refractivity (Wildman–Crippen MR) is 96.5 cm³/mol. The van der Waals surface area contributed by atoms with Crippen LogP contribution in [0.2, 0.25) is 0 Å². The first kappa shape index (κ1) is 19.7. The summed E-state index contributed by atoms with van der Waals surface area (Å²) in [5.41, 5.74) is 0. The van der Waals surface area contributed by atoms with Crippen molar-refractivity contribution in [3.8, 4) is 0 Å². The highest BCUT2D eigenvalue weighted by Gasteiger charge is 2.44. The molecule has 1 N–H and O–H groups in total. The fourth-order valence-electron chi connectivity index (χ4n) is 3.56. The first-order chi connectivity index (χ1) is 12.3. The van der Waals surface area contributed by atoms with Gasteiger partial charge in [0.05, 0.1) is 17.3 Å². The normalized spacial score (nSPS) is 26.9. The second-order valence-corrected chi connectivity index (χ2v) is 10.5. The zero-order valence-electron chi connectivity index (χ0n) is 14.4. The van der Waals surface area contributed by atoms with E-state index < -0.39 is 26.7 Å². The summed E-state index contributed by atoms with van der Waals surface area (Å²) in [7, 11) is -7.17. The Bertz CT molecular complexity index is 817. The van der Waals surface area contributed by atoms with Crippen LogP contribution in [0.3, 0.4) is 0 Å². The van der Waals surface area contributed by atoms with Gasteiger partial charge in [0.15, 0.2) is 0 Å². The number of rotatable bonds is 8. The Morgan fingerprint density at radius 3 is 2.54 bits per heavy atom. The van der Waals surface area contributed by atoms with Crippen LogP contribution in [0, 0.1) is 0 Å². The van der Waals surface area contributed by atoms with Gasteiger partial charge in [-0.1, -0.05) is 18.2 Å². The molecule has 2 aliphatic heterocycles. The minimum absolute atomic E-state index is 0.0414. The second-order valence-electron chi connectivity index (χ2n) is 6.69. The largest absolute Gasteiger partial charge is 0.296 e. The number of hydrogen-bond acceptors (Lipinski definition) is 5. The number of alkyl halides is 1. The van der Waals surface area contributed by atoms with Gasteiger partial charge in [-0.3, -0.25) is 9.29 Å². The van der Waals surface area contributed by atoms with Crippen molar-refractivity contribution in [1.82, 2.24) is 13.9 Å². The molecule has 1 aromatic rings. The van der Waals surface area contributed by atoms with Crippen LogP contribution in [0.1, 0.15) is 12.8 Å². The second kappa shape index (κ2) is 7.89. The van der Waals surface area contributed by atoms with Crippen LogP contribution in [0.25, 0.3) is 0 Å². The zero-order valence-corrected chi connectivity index (χ0v) is 16.1. The van der Waals surface area contributed by atoms with E-state index in [1.165, 1.54) is 4.31 Å². The molecular weight excluding hydrogens is 381 g/mol. The number of nitrogens with zero attached hydrogens (tertiary/aromatic N) is 2. The van der Waals surface area contributed by atoms with Gasteiger partial charge in [0.25, 0.3) is 0 Å². The Kier molecular flexibility index (Phi) is 5.97. The Labute approximate surface area is 154 Å². The molecule has 2 bridgehead atoms. The van der Waals surface area contributed by atoms with Crippen LogP contribution in [0.4, 0.5) is 4.39 Å². The van der Waals surface area contributed by atoms with Crippen LogP contribution in [-0.2, 0) is 20.0 Å². The number of benzene rings is 1. The Hall–Kier alpha value is -1.07. The molecule has 0 radical (unpaired) electrons. The van der Waals surface area contributed by atoms with E-state index in [1.54, 1.807) is 30.3 Å². The van der Waals surface area contributed by atoms with Crippen molar-refractivity contribution in [2.75, 3.05) is 38.6 Å². The van der Waals surface area contributed by atoms with E-state index in [4.69, 9.17) is 0 Å². The van der Waals surface area contributed by atoms with Gasteiger partial charge in [-0.05, 0) is 25.0 Å². The molecule has 26 heavy (non-hydrogen) atoms. The number of nitrogens with one attached hydrogen (secondary N) is 1. The minimum Gasteiger partial charge on any atom is -0.296 e. The predicted octanol–water partition coefficient (Wildman–Crippen LogP) is 0.413. The van der Waals surface area contributed by atoms with Gasteiger partial charge >= 0.3 is 0 Å². The highest BCUT2D eigenvalue weighted by molar-refractivity contribution is 7.89. The van der Waals surface area contributed by atoms with Gasteiger partial charge in [-0.25, -0.2) is 21.6 Å². The molecule has 2 heterocycles. The van der Waals surface area contributed by atoms with Crippen LogP contribution in [0.15, 0.2) is 35.2 Å². The molecule has 0 saturated carbocycles. The van der Waals surface area contributed by atoms with E-state index in [9.17, 15) is 21.2 Å². The lowest BCUT2D eigenvalue weighted by Gasteiger charge is -2.39. The topological polar surface area (TPSA) is 86.8 Å². The quantitative estimate of drug-likeness (QED) is 0.677. The Morgan fingerprint density at radius 2 is 1.85 bits per heavy atom. The maximum absolute atomic E-state index is 13.0. The van der Waals surface area contributed by atoms with Gasteiger partial charge in [0, 0.05) is 38.3 Å². The van der Waals surface area contributed by atoms with Crippen LogP contribution < -0.4 is 4.72 Å². The number of sulfonamides is 2. The molecular formula is C16H24FN3O4S2. The molecule has 0 aromatic heterocycles. The summed E-state index contributed by atoms with van der Waals surface area (Å²) in [5.74, 6) is -0.259. The average Bonchev–Trinajstić information content (AvgIpc) is 3.03. The third-order valence-corrected chi connectivity index (χ3v) is 8.31. The van der Waals surface area contributed by atoms with E-state index >= 15 is 0 Å². The first-order valence-electron chi connectivity index (χ1n) is 8.68. The molecule has 2 saturated heterocycles. The van der Waals surface area contributed by atoms with Crippen LogP contribution in [-0.4, -0.2) is 76.7 Å². The summed E-state index contributed by atoms with van der Waals surface area (Å²) in [6.45, 7) is 1.03. The minimum atomic E-state index is -3.62. The van der Waals surface area contributed by atoms with Crippen LogP contribution in [0.5, 0.6) is 0 Å². The lowest BCUT2D eigenvalue weighted by Crippen LogP contribution is -2.57. The summed E-state index contributed by atoms with van der Waals surface area (Å²) in [5, 5.41) is 0. The van der Waals surface area contributed by atoms with Crippen molar-refractivity contribution in [2.24, 2.45) is 0 Å². The SMILES string of the molecule is O=S(=O)(CCCF)NC[C@H]1CN(S(=O)(=O)c2ccccc2)[C@H]2CCN1C2. The summed E-state index contributed by atoms with van der Waals surface area (Å²) >= 11 is 0. The van der Waals surface area contributed by atoms with Gasteiger partial charge < -0.3 is 0 Å². The molecule has 1 unspecified atom stereocenters. The fourth-order valence-corrected chi connectivity index (χ4v) is 6.35. The van der Waals surface area contributed by atoms with Crippen molar-refractivity contribution in [1.29, 1.82) is 0 Å². The Morgan fingerprint density at radius 1 is 1.12 bits per heavy atom. The van der Waals surface area contributed by atoms with E-state index in [0.29, 0.717) is 6.54 Å².